The lowest BCUT2D eigenvalue weighted by molar-refractivity contribution is -0.137. The minimum Gasteiger partial charge on any atom is -0.487 e. The normalized spacial score (nSPS) is 11.8. The van der Waals surface area contributed by atoms with Crippen molar-refractivity contribution in [3.8, 4) is 5.75 Å². The van der Waals surface area contributed by atoms with Gasteiger partial charge in [0.15, 0.2) is 8.38 Å². The Hall–Kier alpha value is -1.33. The molecule has 0 heterocycles. The highest BCUT2D eigenvalue weighted by atomic mass is 35.5. The number of halogens is 4. The maximum absolute atomic E-state index is 12.5. The van der Waals surface area contributed by atoms with E-state index >= 15 is 0 Å². The third-order valence-corrected chi connectivity index (χ3v) is 3.83. The monoisotopic (exact) mass is 350 g/mol. The zero-order valence-electron chi connectivity index (χ0n) is 11.0. The molecule has 0 saturated carbocycles. The summed E-state index contributed by atoms with van der Waals surface area (Å²) in [6, 6.07) is 9.26. The van der Waals surface area contributed by atoms with E-state index in [1.807, 2.05) is 0 Å². The molecule has 0 aliphatic rings. The first-order valence-electron chi connectivity index (χ1n) is 6.04. The zero-order chi connectivity index (χ0) is 16.3. The molecular weight excluding hydrogens is 340 g/mol. The molecule has 0 unspecified atom stereocenters. The fourth-order valence-electron chi connectivity index (χ4n) is 1.73. The molecule has 2 rings (SSSR count). The topological polar surface area (TPSA) is 49.7 Å². The average Bonchev–Trinajstić information content (AvgIpc) is 2.45. The molecule has 0 aliphatic heterocycles. The van der Waals surface area contributed by atoms with Gasteiger partial charge in [-0.25, -0.2) is 0 Å². The fourth-order valence-corrected chi connectivity index (χ4v) is 2.46. The van der Waals surface area contributed by atoms with Gasteiger partial charge in [0, 0.05) is 5.30 Å². The molecule has 0 atom stereocenters. The van der Waals surface area contributed by atoms with Crippen molar-refractivity contribution >= 4 is 25.3 Å². The molecule has 3 nitrogen and oxygen atoms in total. The van der Waals surface area contributed by atoms with E-state index in [1.54, 1.807) is 24.3 Å². The summed E-state index contributed by atoms with van der Waals surface area (Å²) >= 11 is 5.78. The van der Waals surface area contributed by atoms with Crippen molar-refractivity contribution in [2.45, 2.75) is 12.8 Å². The summed E-state index contributed by atoms with van der Waals surface area (Å²) in [6.07, 6.45) is -4.46. The van der Waals surface area contributed by atoms with E-state index in [-0.39, 0.29) is 17.4 Å². The van der Waals surface area contributed by atoms with Crippen LogP contribution in [0.25, 0.3) is 0 Å². The summed E-state index contributed by atoms with van der Waals surface area (Å²) < 4.78 is 42.9. The van der Waals surface area contributed by atoms with E-state index in [2.05, 4.69) is 0 Å². The predicted molar refractivity (Wildman–Crippen MR) is 78.2 cm³/mol. The Morgan fingerprint density at radius 3 is 2.41 bits per heavy atom. The summed E-state index contributed by atoms with van der Waals surface area (Å²) in [5, 5.41) is 0.215. The Morgan fingerprint density at radius 1 is 1.09 bits per heavy atom. The molecule has 22 heavy (non-hydrogen) atoms. The molecule has 0 saturated heterocycles. The standard InChI is InChI=1S/C14H11ClF3O3P/c15-12-7-10(14(16,17)18)4-5-13(12)21-8-9-2-1-3-11(6-9)22(19)20/h1-7,19-20H,8H2. The van der Waals surface area contributed by atoms with Crippen LogP contribution in [0.3, 0.4) is 0 Å². The molecule has 2 aromatic rings. The van der Waals surface area contributed by atoms with Gasteiger partial charge in [0.05, 0.1) is 10.6 Å². The Labute approximate surface area is 130 Å². The van der Waals surface area contributed by atoms with Crippen molar-refractivity contribution in [2.24, 2.45) is 0 Å². The van der Waals surface area contributed by atoms with Gasteiger partial charge in [-0.3, -0.25) is 0 Å². The van der Waals surface area contributed by atoms with Gasteiger partial charge >= 0.3 is 6.18 Å². The molecule has 2 N–H and O–H groups in total. The van der Waals surface area contributed by atoms with E-state index in [4.69, 9.17) is 26.1 Å². The Balaban J connectivity index is 2.10. The molecule has 0 amide bonds. The van der Waals surface area contributed by atoms with Crippen molar-refractivity contribution in [2.75, 3.05) is 0 Å². The molecule has 118 valence electrons. The lowest BCUT2D eigenvalue weighted by Gasteiger charge is -2.12. The first-order chi connectivity index (χ1) is 10.3. The Kier molecular flexibility index (Phi) is 5.29. The van der Waals surface area contributed by atoms with Gasteiger partial charge in [-0.15, -0.1) is 0 Å². The van der Waals surface area contributed by atoms with Crippen LogP contribution in [-0.2, 0) is 12.8 Å². The summed E-state index contributed by atoms with van der Waals surface area (Å²) in [5.74, 6) is 0.121. The average molecular weight is 351 g/mol. The SMILES string of the molecule is OP(O)c1cccc(COc2ccc(C(F)(F)F)cc2Cl)c1. The van der Waals surface area contributed by atoms with Crippen LogP contribution in [0.2, 0.25) is 5.02 Å². The first kappa shape index (κ1) is 17.0. The Morgan fingerprint density at radius 2 is 1.82 bits per heavy atom. The Bertz CT molecular complexity index is 662. The maximum atomic E-state index is 12.5. The molecule has 8 heteroatoms. The highest BCUT2D eigenvalue weighted by Gasteiger charge is 2.31. The number of hydrogen-bond donors (Lipinski definition) is 2. The molecule has 0 aromatic heterocycles. The van der Waals surface area contributed by atoms with Crippen LogP contribution >= 0.6 is 20.0 Å². The van der Waals surface area contributed by atoms with Gasteiger partial charge in [-0.1, -0.05) is 23.7 Å². The quantitative estimate of drug-likeness (QED) is 0.823. The second-order valence-electron chi connectivity index (χ2n) is 4.39. The molecule has 2 aromatic carbocycles. The summed E-state index contributed by atoms with van der Waals surface area (Å²) in [5.41, 5.74) is -0.206. The summed E-state index contributed by atoms with van der Waals surface area (Å²) in [6.45, 7) is 0.0437. The highest BCUT2D eigenvalue weighted by Crippen LogP contribution is 2.35. The van der Waals surface area contributed by atoms with Crippen molar-refractivity contribution in [3.05, 3.63) is 58.6 Å². The minimum absolute atomic E-state index is 0.0437. The molecule has 0 radical (unpaired) electrons. The number of hydrogen-bond acceptors (Lipinski definition) is 3. The maximum Gasteiger partial charge on any atom is 0.416 e. The number of benzene rings is 2. The van der Waals surface area contributed by atoms with Crippen LogP contribution in [-0.4, -0.2) is 9.79 Å². The number of rotatable bonds is 4. The molecule has 0 fully saturated rings. The van der Waals surface area contributed by atoms with Gasteiger partial charge in [0.2, 0.25) is 0 Å². The van der Waals surface area contributed by atoms with Crippen molar-refractivity contribution in [1.82, 2.24) is 0 Å². The van der Waals surface area contributed by atoms with Crippen LogP contribution in [0.4, 0.5) is 13.2 Å². The van der Waals surface area contributed by atoms with E-state index in [1.165, 1.54) is 0 Å². The zero-order valence-corrected chi connectivity index (χ0v) is 12.7. The second kappa shape index (κ2) is 6.84. The van der Waals surface area contributed by atoms with Crippen LogP contribution in [0.5, 0.6) is 5.75 Å². The lowest BCUT2D eigenvalue weighted by atomic mass is 10.2. The van der Waals surface area contributed by atoms with Crippen LogP contribution in [0.15, 0.2) is 42.5 Å². The van der Waals surface area contributed by atoms with Crippen molar-refractivity contribution < 1.29 is 27.7 Å². The largest absolute Gasteiger partial charge is 0.487 e. The lowest BCUT2D eigenvalue weighted by Crippen LogP contribution is -2.06. The summed E-state index contributed by atoms with van der Waals surface area (Å²) in [4.78, 5) is 18.3. The van der Waals surface area contributed by atoms with Gasteiger partial charge in [0.1, 0.15) is 12.4 Å². The second-order valence-corrected chi connectivity index (χ2v) is 5.89. The fraction of sp³-hybridized carbons (Fsp3) is 0.143. The number of ether oxygens (including phenoxy) is 1. The van der Waals surface area contributed by atoms with Crippen LogP contribution < -0.4 is 10.0 Å². The minimum atomic E-state index is -4.46. The molecule has 0 spiro atoms. The van der Waals surface area contributed by atoms with E-state index in [0.717, 1.165) is 18.2 Å². The highest BCUT2D eigenvalue weighted by molar-refractivity contribution is 7.54. The molecule has 0 bridgehead atoms. The molecule has 0 aliphatic carbocycles. The van der Waals surface area contributed by atoms with Gasteiger partial charge < -0.3 is 14.5 Å². The van der Waals surface area contributed by atoms with Gasteiger partial charge in [-0.2, -0.15) is 13.2 Å². The smallest absolute Gasteiger partial charge is 0.416 e. The predicted octanol–water partition coefficient (Wildman–Crippen LogP) is 3.86. The van der Waals surface area contributed by atoms with Crippen LogP contribution in [0.1, 0.15) is 11.1 Å². The van der Waals surface area contributed by atoms with Gasteiger partial charge in [0.25, 0.3) is 0 Å². The van der Waals surface area contributed by atoms with E-state index in [0.29, 0.717) is 10.9 Å². The third kappa shape index (κ3) is 4.34. The molecular formula is C14H11ClF3O3P. The number of alkyl halides is 3. The van der Waals surface area contributed by atoms with Crippen molar-refractivity contribution in [3.63, 3.8) is 0 Å². The van der Waals surface area contributed by atoms with Crippen molar-refractivity contribution in [1.29, 1.82) is 0 Å². The van der Waals surface area contributed by atoms with Gasteiger partial charge in [-0.05, 0) is 35.9 Å². The first-order valence-corrected chi connectivity index (χ1v) is 7.66. The third-order valence-electron chi connectivity index (χ3n) is 2.80. The summed E-state index contributed by atoms with van der Waals surface area (Å²) in [7, 11) is -2.21. The van der Waals surface area contributed by atoms with Crippen LogP contribution in [0, 0.1) is 0 Å². The van der Waals surface area contributed by atoms with E-state index < -0.39 is 20.1 Å². The van der Waals surface area contributed by atoms with E-state index in [9.17, 15) is 13.2 Å².